The van der Waals surface area contributed by atoms with Crippen LogP contribution in [-0.4, -0.2) is 26.0 Å². The van der Waals surface area contributed by atoms with Gasteiger partial charge < -0.3 is 5.73 Å². The predicted molar refractivity (Wildman–Crippen MR) is 81.9 cm³/mol. The van der Waals surface area contributed by atoms with E-state index in [4.69, 9.17) is 5.73 Å². The van der Waals surface area contributed by atoms with E-state index in [0.717, 1.165) is 25.7 Å². The standard InChI is InChI=1S/C15H31NO2S/c1-4-7-12(8-5-2)15(16)13-9-6-10-14(11-13)19(3,17)18/h12-15H,4-11,16H2,1-3H3. The van der Waals surface area contributed by atoms with Crippen molar-refractivity contribution in [3.05, 3.63) is 0 Å². The monoisotopic (exact) mass is 289 g/mol. The molecule has 0 spiro atoms. The molecule has 2 N–H and O–H groups in total. The number of sulfone groups is 1. The summed E-state index contributed by atoms with van der Waals surface area (Å²) >= 11 is 0. The molecule has 3 nitrogen and oxygen atoms in total. The van der Waals surface area contributed by atoms with Gasteiger partial charge in [-0.25, -0.2) is 8.42 Å². The van der Waals surface area contributed by atoms with E-state index in [2.05, 4.69) is 13.8 Å². The molecule has 1 rings (SSSR count). The molecule has 0 bridgehead atoms. The smallest absolute Gasteiger partial charge is 0.150 e. The van der Waals surface area contributed by atoms with Crippen LogP contribution in [-0.2, 0) is 9.84 Å². The molecule has 19 heavy (non-hydrogen) atoms. The number of nitrogens with two attached hydrogens (primary N) is 1. The Balaban J connectivity index is 2.66. The highest BCUT2D eigenvalue weighted by Crippen LogP contribution is 2.34. The van der Waals surface area contributed by atoms with Gasteiger partial charge in [0.25, 0.3) is 0 Å². The Kier molecular flexibility index (Phi) is 6.81. The topological polar surface area (TPSA) is 60.2 Å². The SMILES string of the molecule is CCCC(CCC)C(N)C1CCCC(S(C)(=O)=O)C1. The molecule has 0 aromatic carbocycles. The normalized spacial score (nSPS) is 26.6. The van der Waals surface area contributed by atoms with Gasteiger partial charge in [0.1, 0.15) is 9.84 Å². The van der Waals surface area contributed by atoms with Crippen molar-refractivity contribution in [1.82, 2.24) is 0 Å². The van der Waals surface area contributed by atoms with Crippen molar-refractivity contribution >= 4 is 9.84 Å². The van der Waals surface area contributed by atoms with Crippen molar-refractivity contribution < 1.29 is 8.42 Å². The summed E-state index contributed by atoms with van der Waals surface area (Å²) in [5.74, 6) is 0.967. The summed E-state index contributed by atoms with van der Waals surface area (Å²) in [4.78, 5) is 0. The third-order valence-electron chi connectivity index (χ3n) is 4.68. The zero-order valence-electron chi connectivity index (χ0n) is 12.8. The van der Waals surface area contributed by atoms with Gasteiger partial charge in [0, 0.05) is 12.3 Å². The molecular weight excluding hydrogens is 258 g/mol. The van der Waals surface area contributed by atoms with Gasteiger partial charge in [0.15, 0.2) is 0 Å². The summed E-state index contributed by atoms with van der Waals surface area (Å²) in [6, 6.07) is 0.185. The first-order chi connectivity index (χ1) is 8.90. The largest absolute Gasteiger partial charge is 0.327 e. The molecule has 0 amide bonds. The van der Waals surface area contributed by atoms with Gasteiger partial charge >= 0.3 is 0 Å². The van der Waals surface area contributed by atoms with Crippen LogP contribution in [0.3, 0.4) is 0 Å². The van der Waals surface area contributed by atoms with E-state index < -0.39 is 9.84 Å². The van der Waals surface area contributed by atoms with Gasteiger partial charge in [-0.2, -0.15) is 0 Å². The second-order valence-electron chi connectivity index (χ2n) is 6.29. The highest BCUT2D eigenvalue weighted by atomic mass is 32.2. The van der Waals surface area contributed by atoms with Gasteiger partial charge in [0.2, 0.25) is 0 Å². The fraction of sp³-hybridized carbons (Fsp3) is 1.00. The lowest BCUT2D eigenvalue weighted by molar-refractivity contribution is 0.226. The third kappa shape index (κ3) is 5.07. The van der Waals surface area contributed by atoms with Crippen LogP contribution in [0.5, 0.6) is 0 Å². The lowest BCUT2D eigenvalue weighted by Gasteiger charge is -2.36. The maximum absolute atomic E-state index is 11.7. The Labute approximate surface area is 119 Å². The summed E-state index contributed by atoms with van der Waals surface area (Å²) in [6.07, 6.45) is 9.79. The predicted octanol–water partition coefficient (Wildman–Crippen LogP) is 3.13. The van der Waals surface area contributed by atoms with Crippen LogP contribution in [0.2, 0.25) is 0 Å². The number of hydrogen-bond donors (Lipinski definition) is 1. The Morgan fingerprint density at radius 2 is 1.74 bits per heavy atom. The molecule has 0 aromatic rings. The summed E-state index contributed by atoms with van der Waals surface area (Å²) < 4.78 is 23.5. The molecule has 3 unspecified atom stereocenters. The summed E-state index contributed by atoms with van der Waals surface area (Å²) in [5, 5.41) is -0.152. The lowest BCUT2D eigenvalue weighted by atomic mass is 9.76. The summed E-state index contributed by atoms with van der Waals surface area (Å²) in [7, 11) is -2.90. The van der Waals surface area contributed by atoms with Crippen LogP contribution in [0.15, 0.2) is 0 Å². The van der Waals surface area contributed by atoms with Crippen LogP contribution in [0, 0.1) is 11.8 Å². The quantitative estimate of drug-likeness (QED) is 0.783. The number of hydrogen-bond acceptors (Lipinski definition) is 3. The molecule has 0 saturated heterocycles. The van der Waals surface area contributed by atoms with Crippen LogP contribution < -0.4 is 5.73 Å². The molecule has 0 aliphatic heterocycles. The summed E-state index contributed by atoms with van der Waals surface area (Å²) in [5.41, 5.74) is 6.48. The molecule has 0 aromatic heterocycles. The molecule has 1 fully saturated rings. The molecule has 114 valence electrons. The minimum Gasteiger partial charge on any atom is -0.327 e. The molecular formula is C15H31NO2S. The second-order valence-corrected chi connectivity index (χ2v) is 8.62. The van der Waals surface area contributed by atoms with E-state index in [1.807, 2.05) is 0 Å². The Morgan fingerprint density at radius 1 is 1.16 bits per heavy atom. The lowest BCUT2D eigenvalue weighted by Crippen LogP contribution is -2.42. The molecule has 3 atom stereocenters. The van der Waals surface area contributed by atoms with Crippen molar-refractivity contribution in [2.75, 3.05) is 6.26 Å². The third-order valence-corrected chi connectivity index (χ3v) is 6.32. The summed E-state index contributed by atoms with van der Waals surface area (Å²) in [6.45, 7) is 4.41. The highest BCUT2D eigenvalue weighted by molar-refractivity contribution is 7.91. The van der Waals surface area contributed by atoms with Gasteiger partial charge in [-0.1, -0.05) is 33.1 Å². The first kappa shape index (κ1) is 17.0. The molecule has 0 heterocycles. The van der Waals surface area contributed by atoms with E-state index in [0.29, 0.717) is 11.8 Å². The maximum atomic E-state index is 11.7. The van der Waals surface area contributed by atoms with E-state index in [1.165, 1.54) is 31.9 Å². The van der Waals surface area contributed by atoms with Crippen LogP contribution >= 0.6 is 0 Å². The van der Waals surface area contributed by atoms with Gasteiger partial charge in [-0.3, -0.25) is 0 Å². The van der Waals surface area contributed by atoms with Crippen LogP contribution in [0.4, 0.5) is 0 Å². The first-order valence-electron chi connectivity index (χ1n) is 7.84. The average molecular weight is 289 g/mol. The minimum absolute atomic E-state index is 0.152. The Hall–Kier alpha value is -0.0900. The molecule has 1 aliphatic carbocycles. The van der Waals surface area contributed by atoms with Crippen LogP contribution in [0.1, 0.15) is 65.2 Å². The van der Waals surface area contributed by atoms with Crippen molar-refractivity contribution in [3.63, 3.8) is 0 Å². The van der Waals surface area contributed by atoms with Crippen molar-refractivity contribution in [2.45, 2.75) is 76.5 Å². The molecule has 1 saturated carbocycles. The second kappa shape index (κ2) is 7.63. The average Bonchev–Trinajstić information content (AvgIpc) is 2.37. The molecule has 0 radical (unpaired) electrons. The fourth-order valence-electron chi connectivity index (χ4n) is 3.58. The maximum Gasteiger partial charge on any atom is 0.150 e. The van der Waals surface area contributed by atoms with Crippen molar-refractivity contribution in [1.29, 1.82) is 0 Å². The zero-order chi connectivity index (χ0) is 14.5. The van der Waals surface area contributed by atoms with E-state index in [-0.39, 0.29) is 11.3 Å². The van der Waals surface area contributed by atoms with Crippen LogP contribution in [0.25, 0.3) is 0 Å². The van der Waals surface area contributed by atoms with Gasteiger partial charge in [-0.15, -0.1) is 0 Å². The first-order valence-corrected chi connectivity index (χ1v) is 9.80. The highest BCUT2D eigenvalue weighted by Gasteiger charge is 2.34. The van der Waals surface area contributed by atoms with E-state index in [9.17, 15) is 8.42 Å². The minimum atomic E-state index is -2.90. The molecule has 4 heteroatoms. The molecule has 1 aliphatic rings. The van der Waals surface area contributed by atoms with E-state index >= 15 is 0 Å². The van der Waals surface area contributed by atoms with Crippen molar-refractivity contribution in [2.24, 2.45) is 17.6 Å². The Morgan fingerprint density at radius 3 is 2.21 bits per heavy atom. The van der Waals surface area contributed by atoms with Crippen molar-refractivity contribution in [3.8, 4) is 0 Å². The fourth-order valence-corrected chi connectivity index (χ4v) is 4.77. The van der Waals surface area contributed by atoms with Gasteiger partial charge in [-0.05, 0) is 43.9 Å². The number of rotatable bonds is 7. The van der Waals surface area contributed by atoms with Gasteiger partial charge in [0.05, 0.1) is 5.25 Å². The van der Waals surface area contributed by atoms with E-state index in [1.54, 1.807) is 0 Å². The Bertz CT molecular complexity index is 347. The zero-order valence-corrected chi connectivity index (χ0v) is 13.6.